The van der Waals surface area contributed by atoms with E-state index in [1.165, 1.54) is 5.56 Å². The molecule has 1 amide bonds. The molecule has 0 aliphatic carbocycles. The molecule has 1 fully saturated rings. The zero-order valence-electron chi connectivity index (χ0n) is 19.3. The second-order valence-corrected chi connectivity index (χ2v) is 9.32. The number of carbonyl (C=O) groups is 1. The second kappa shape index (κ2) is 9.84. The maximum atomic E-state index is 12.9. The largest absolute Gasteiger partial charge is 0.488 e. The van der Waals surface area contributed by atoms with Crippen molar-refractivity contribution >= 4 is 11.6 Å². The van der Waals surface area contributed by atoms with Crippen LogP contribution in [0.5, 0.6) is 5.75 Å². The van der Waals surface area contributed by atoms with E-state index < -0.39 is 5.60 Å². The van der Waals surface area contributed by atoms with Crippen molar-refractivity contribution in [2.24, 2.45) is 0 Å². The number of piperidine rings is 1. The van der Waals surface area contributed by atoms with Gasteiger partial charge in [0.15, 0.2) is 0 Å². The molecule has 1 aliphatic heterocycles. The summed E-state index contributed by atoms with van der Waals surface area (Å²) < 4.78 is 5.99. The van der Waals surface area contributed by atoms with Crippen LogP contribution >= 0.6 is 0 Å². The van der Waals surface area contributed by atoms with E-state index in [0.717, 1.165) is 37.5 Å². The summed E-state index contributed by atoms with van der Waals surface area (Å²) in [6, 6.07) is 17.9. The van der Waals surface area contributed by atoms with E-state index in [0.29, 0.717) is 12.8 Å². The highest BCUT2D eigenvalue weighted by Crippen LogP contribution is 2.29. The number of carbonyl (C=O) groups excluding carboxylic acids is 1. The molecule has 1 heterocycles. The Labute approximate surface area is 186 Å². The Balaban J connectivity index is 1.52. The number of rotatable bonds is 8. The number of ether oxygens (including phenoxy) is 1. The molecule has 0 bridgehead atoms. The third-order valence-electron chi connectivity index (χ3n) is 6.36. The second-order valence-electron chi connectivity index (χ2n) is 9.32. The Kier molecular flexibility index (Phi) is 7.39. The van der Waals surface area contributed by atoms with Crippen molar-refractivity contribution in [1.29, 1.82) is 0 Å². The van der Waals surface area contributed by atoms with Crippen LogP contribution in [-0.4, -0.2) is 47.3 Å². The summed E-state index contributed by atoms with van der Waals surface area (Å²) in [5.74, 6) is 0.724. The Morgan fingerprint density at radius 3 is 2.29 bits per heavy atom. The Morgan fingerprint density at radius 1 is 1.10 bits per heavy atom. The molecular weight excluding hydrogens is 388 g/mol. The molecule has 0 aromatic heterocycles. The Morgan fingerprint density at radius 2 is 1.71 bits per heavy atom. The molecule has 1 saturated heterocycles. The molecule has 0 spiro atoms. The SMILES string of the molecule is CCC(C)(C)Oc1ccc(N(C)C(=O)CC2(O)CCN(Cc3ccccc3)CC2)cc1. The quantitative estimate of drug-likeness (QED) is 0.671. The summed E-state index contributed by atoms with van der Waals surface area (Å²) in [5, 5.41) is 11.0. The minimum Gasteiger partial charge on any atom is -0.488 e. The first kappa shape index (κ1) is 23.3. The minimum atomic E-state index is -0.938. The number of nitrogens with zero attached hydrogens (tertiary/aromatic N) is 2. The molecular formula is C26H36N2O3. The Bertz CT molecular complexity index is 841. The molecule has 2 aromatic rings. The van der Waals surface area contributed by atoms with E-state index in [4.69, 9.17) is 4.74 Å². The van der Waals surface area contributed by atoms with Gasteiger partial charge in [-0.1, -0.05) is 37.3 Å². The standard InChI is InChI=1S/C26H36N2O3/c1-5-25(2,3)31-23-13-11-22(12-14-23)27(4)24(29)19-26(30)15-17-28(18-16-26)20-21-9-7-6-8-10-21/h6-14,30H,5,15-20H2,1-4H3. The molecule has 5 heteroatoms. The maximum absolute atomic E-state index is 12.9. The van der Waals surface area contributed by atoms with Crippen LogP contribution in [0.1, 0.15) is 52.0 Å². The Hall–Kier alpha value is -2.37. The van der Waals surface area contributed by atoms with Crippen molar-refractivity contribution in [2.75, 3.05) is 25.0 Å². The number of hydrogen-bond acceptors (Lipinski definition) is 4. The van der Waals surface area contributed by atoms with Crippen LogP contribution in [0.4, 0.5) is 5.69 Å². The lowest BCUT2D eigenvalue weighted by Gasteiger charge is -2.38. The van der Waals surface area contributed by atoms with Crippen molar-refractivity contribution in [2.45, 2.75) is 64.2 Å². The van der Waals surface area contributed by atoms with Crippen molar-refractivity contribution in [1.82, 2.24) is 4.90 Å². The van der Waals surface area contributed by atoms with Crippen LogP contribution in [-0.2, 0) is 11.3 Å². The lowest BCUT2D eigenvalue weighted by molar-refractivity contribution is -0.125. The van der Waals surface area contributed by atoms with Crippen LogP contribution in [0, 0.1) is 0 Å². The average molecular weight is 425 g/mol. The summed E-state index contributed by atoms with van der Waals surface area (Å²) in [7, 11) is 1.77. The molecule has 2 aromatic carbocycles. The van der Waals surface area contributed by atoms with Crippen LogP contribution < -0.4 is 9.64 Å². The fraction of sp³-hybridized carbons (Fsp3) is 0.500. The van der Waals surface area contributed by atoms with Gasteiger partial charge in [0, 0.05) is 32.4 Å². The summed E-state index contributed by atoms with van der Waals surface area (Å²) in [4.78, 5) is 16.8. The number of hydrogen-bond donors (Lipinski definition) is 1. The van der Waals surface area contributed by atoms with Crippen LogP contribution in [0.15, 0.2) is 54.6 Å². The lowest BCUT2D eigenvalue weighted by Crippen LogP contribution is -2.47. The number of aliphatic hydroxyl groups is 1. The van der Waals surface area contributed by atoms with E-state index in [1.807, 2.05) is 42.5 Å². The first-order valence-electron chi connectivity index (χ1n) is 11.2. The van der Waals surface area contributed by atoms with Gasteiger partial charge in [0.1, 0.15) is 11.4 Å². The number of likely N-dealkylation sites (tertiary alicyclic amines) is 1. The van der Waals surface area contributed by atoms with Crippen molar-refractivity contribution < 1.29 is 14.6 Å². The lowest BCUT2D eigenvalue weighted by atomic mass is 9.87. The zero-order chi connectivity index (χ0) is 22.5. The van der Waals surface area contributed by atoms with Crippen molar-refractivity contribution in [3.05, 3.63) is 60.2 Å². The molecule has 168 valence electrons. The van der Waals surface area contributed by atoms with Gasteiger partial charge in [-0.15, -0.1) is 0 Å². The molecule has 1 aliphatic rings. The van der Waals surface area contributed by atoms with Gasteiger partial charge in [-0.05, 0) is 62.9 Å². The normalized spacial score (nSPS) is 16.7. The number of amides is 1. The van der Waals surface area contributed by atoms with E-state index >= 15 is 0 Å². The van der Waals surface area contributed by atoms with Gasteiger partial charge < -0.3 is 14.7 Å². The van der Waals surface area contributed by atoms with Crippen molar-refractivity contribution in [3.63, 3.8) is 0 Å². The zero-order valence-corrected chi connectivity index (χ0v) is 19.3. The number of benzene rings is 2. The fourth-order valence-corrected chi connectivity index (χ4v) is 3.82. The average Bonchev–Trinajstić information content (AvgIpc) is 2.76. The third-order valence-corrected chi connectivity index (χ3v) is 6.36. The third kappa shape index (κ3) is 6.55. The van der Waals surface area contributed by atoms with E-state index in [2.05, 4.69) is 37.8 Å². The highest BCUT2D eigenvalue weighted by Gasteiger charge is 2.35. The van der Waals surface area contributed by atoms with Gasteiger partial charge in [0.2, 0.25) is 5.91 Å². The van der Waals surface area contributed by atoms with E-state index in [1.54, 1.807) is 11.9 Å². The first-order chi connectivity index (χ1) is 14.7. The number of anilines is 1. The summed E-state index contributed by atoms with van der Waals surface area (Å²) in [6.45, 7) is 8.68. The van der Waals surface area contributed by atoms with E-state index in [9.17, 15) is 9.90 Å². The predicted octanol–water partition coefficient (Wildman–Crippen LogP) is 4.63. The molecule has 0 saturated carbocycles. The van der Waals surface area contributed by atoms with Crippen molar-refractivity contribution in [3.8, 4) is 5.75 Å². The molecule has 3 rings (SSSR count). The van der Waals surface area contributed by atoms with Gasteiger partial charge in [0.25, 0.3) is 0 Å². The van der Waals surface area contributed by atoms with Gasteiger partial charge in [-0.25, -0.2) is 0 Å². The van der Waals surface area contributed by atoms with Gasteiger partial charge in [-0.3, -0.25) is 9.69 Å². The van der Waals surface area contributed by atoms with Gasteiger partial charge in [-0.2, -0.15) is 0 Å². The van der Waals surface area contributed by atoms with Crippen LogP contribution in [0.3, 0.4) is 0 Å². The molecule has 0 radical (unpaired) electrons. The monoisotopic (exact) mass is 424 g/mol. The highest BCUT2D eigenvalue weighted by atomic mass is 16.5. The first-order valence-corrected chi connectivity index (χ1v) is 11.2. The molecule has 5 nitrogen and oxygen atoms in total. The fourth-order valence-electron chi connectivity index (χ4n) is 3.82. The topological polar surface area (TPSA) is 53.0 Å². The highest BCUT2D eigenvalue weighted by molar-refractivity contribution is 5.93. The smallest absolute Gasteiger partial charge is 0.229 e. The molecule has 0 unspecified atom stereocenters. The summed E-state index contributed by atoms with van der Waals surface area (Å²) >= 11 is 0. The summed E-state index contributed by atoms with van der Waals surface area (Å²) in [5.41, 5.74) is 0.921. The van der Waals surface area contributed by atoms with Gasteiger partial charge >= 0.3 is 0 Å². The molecule has 0 atom stereocenters. The molecule has 1 N–H and O–H groups in total. The maximum Gasteiger partial charge on any atom is 0.229 e. The van der Waals surface area contributed by atoms with Crippen LogP contribution in [0.2, 0.25) is 0 Å². The minimum absolute atomic E-state index is 0.0680. The van der Waals surface area contributed by atoms with E-state index in [-0.39, 0.29) is 17.9 Å². The summed E-state index contributed by atoms with van der Waals surface area (Å²) in [6.07, 6.45) is 2.27. The van der Waals surface area contributed by atoms with Crippen LogP contribution in [0.25, 0.3) is 0 Å². The molecule has 31 heavy (non-hydrogen) atoms. The van der Waals surface area contributed by atoms with Gasteiger partial charge in [0.05, 0.1) is 12.0 Å². The predicted molar refractivity (Wildman–Crippen MR) is 125 cm³/mol.